The number of carbonyl (C=O) groups is 1. The lowest BCUT2D eigenvalue weighted by Gasteiger charge is -2.00. The van der Waals surface area contributed by atoms with Crippen molar-refractivity contribution < 1.29 is 13.9 Å². The van der Waals surface area contributed by atoms with Crippen LogP contribution in [-0.4, -0.2) is 13.1 Å². The summed E-state index contributed by atoms with van der Waals surface area (Å²) >= 11 is 1.33. The van der Waals surface area contributed by atoms with Gasteiger partial charge in [0.15, 0.2) is 0 Å². The number of benzene rings is 1. The first-order valence-electron chi connectivity index (χ1n) is 3.98. The second-order valence-corrected chi connectivity index (χ2v) is 3.67. The fraction of sp³-hybridized carbons (Fsp3) is 0.100. The number of hydrogen-bond donors (Lipinski definition) is 0. The molecule has 0 radical (unpaired) electrons. The third-order valence-electron chi connectivity index (χ3n) is 1.97. The molecule has 1 aromatic heterocycles. The SMILES string of the molecule is COC(=O)c1ccc(F)c2ccsc12. The molecule has 0 bridgehead atoms. The minimum absolute atomic E-state index is 0.311. The Hall–Kier alpha value is -1.42. The monoisotopic (exact) mass is 210 g/mol. The summed E-state index contributed by atoms with van der Waals surface area (Å²) in [6, 6.07) is 4.38. The molecule has 0 amide bonds. The van der Waals surface area contributed by atoms with Crippen molar-refractivity contribution in [3.63, 3.8) is 0 Å². The molecule has 0 aliphatic carbocycles. The van der Waals surface area contributed by atoms with Crippen LogP contribution in [0.25, 0.3) is 10.1 Å². The first kappa shape index (κ1) is 9.15. The first-order valence-corrected chi connectivity index (χ1v) is 4.86. The van der Waals surface area contributed by atoms with Crippen LogP contribution in [0.3, 0.4) is 0 Å². The molecule has 72 valence electrons. The standard InChI is InChI=1S/C10H7FO2S/c1-13-10(12)7-2-3-8(11)6-4-5-14-9(6)7/h2-5H,1H3. The molecule has 14 heavy (non-hydrogen) atoms. The molecule has 4 heteroatoms. The van der Waals surface area contributed by atoms with Crippen molar-refractivity contribution in [2.45, 2.75) is 0 Å². The van der Waals surface area contributed by atoms with Gasteiger partial charge in [0.25, 0.3) is 0 Å². The third-order valence-corrected chi connectivity index (χ3v) is 2.92. The Labute approximate surface area is 83.9 Å². The second kappa shape index (κ2) is 3.38. The predicted molar refractivity (Wildman–Crippen MR) is 53.1 cm³/mol. The summed E-state index contributed by atoms with van der Waals surface area (Å²) in [7, 11) is 1.31. The summed E-state index contributed by atoms with van der Waals surface area (Å²) in [5.41, 5.74) is 0.416. The number of halogens is 1. The van der Waals surface area contributed by atoms with Crippen molar-refractivity contribution in [1.29, 1.82) is 0 Å². The Morgan fingerprint density at radius 2 is 2.21 bits per heavy atom. The van der Waals surface area contributed by atoms with E-state index >= 15 is 0 Å². The highest BCUT2D eigenvalue weighted by molar-refractivity contribution is 7.17. The number of hydrogen-bond acceptors (Lipinski definition) is 3. The van der Waals surface area contributed by atoms with Gasteiger partial charge >= 0.3 is 5.97 Å². The summed E-state index contributed by atoms with van der Waals surface area (Å²) in [6.07, 6.45) is 0. The molecule has 0 atom stereocenters. The maximum absolute atomic E-state index is 13.2. The highest BCUT2D eigenvalue weighted by Gasteiger charge is 2.13. The van der Waals surface area contributed by atoms with Gasteiger partial charge in [0.2, 0.25) is 0 Å². The fourth-order valence-corrected chi connectivity index (χ4v) is 2.21. The molecule has 1 aromatic carbocycles. The van der Waals surface area contributed by atoms with Crippen molar-refractivity contribution in [1.82, 2.24) is 0 Å². The van der Waals surface area contributed by atoms with Crippen LogP contribution in [-0.2, 0) is 4.74 Å². The van der Waals surface area contributed by atoms with Crippen LogP contribution in [0, 0.1) is 5.82 Å². The number of esters is 1. The van der Waals surface area contributed by atoms with Gasteiger partial charge in [-0.05, 0) is 23.6 Å². The van der Waals surface area contributed by atoms with E-state index in [1.54, 1.807) is 11.4 Å². The number of thiophene rings is 1. The molecule has 0 aliphatic rings. The van der Waals surface area contributed by atoms with E-state index in [1.165, 1.54) is 30.6 Å². The van der Waals surface area contributed by atoms with Gasteiger partial charge in [-0.1, -0.05) is 0 Å². The molecule has 1 heterocycles. The smallest absolute Gasteiger partial charge is 0.339 e. The lowest BCUT2D eigenvalue weighted by Crippen LogP contribution is -2.01. The molecule has 2 rings (SSSR count). The van der Waals surface area contributed by atoms with Crippen LogP contribution < -0.4 is 0 Å². The van der Waals surface area contributed by atoms with E-state index in [0.717, 1.165) is 0 Å². The second-order valence-electron chi connectivity index (χ2n) is 2.75. The number of carbonyl (C=O) groups excluding carboxylic acids is 1. The number of methoxy groups -OCH3 is 1. The minimum atomic E-state index is -0.433. The summed E-state index contributed by atoms with van der Waals surface area (Å²) in [5.74, 6) is -0.744. The zero-order chi connectivity index (χ0) is 10.1. The maximum Gasteiger partial charge on any atom is 0.339 e. The van der Waals surface area contributed by atoms with Gasteiger partial charge in [-0.3, -0.25) is 0 Å². The summed E-state index contributed by atoms with van der Waals surface area (Å²) < 4.78 is 18.5. The molecule has 0 fully saturated rings. The molecular weight excluding hydrogens is 203 g/mol. The number of fused-ring (bicyclic) bond motifs is 1. The zero-order valence-corrected chi connectivity index (χ0v) is 8.23. The van der Waals surface area contributed by atoms with E-state index < -0.39 is 5.97 Å². The lowest BCUT2D eigenvalue weighted by molar-refractivity contribution is 0.0603. The van der Waals surface area contributed by atoms with Crippen molar-refractivity contribution in [2.24, 2.45) is 0 Å². The summed E-state index contributed by atoms with van der Waals surface area (Å²) in [4.78, 5) is 11.3. The van der Waals surface area contributed by atoms with Crippen LogP contribution in [0.4, 0.5) is 4.39 Å². The summed E-state index contributed by atoms with van der Waals surface area (Å²) in [6.45, 7) is 0. The van der Waals surface area contributed by atoms with Gasteiger partial charge < -0.3 is 4.74 Å². The van der Waals surface area contributed by atoms with Crippen LogP contribution in [0.15, 0.2) is 23.6 Å². The van der Waals surface area contributed by atoms with Crippen LogP contribution in [0.5, 0.6) is 0 Å². The van der Waals surface area contributed by atoms with E-state index in [1.807, 2.05) is 0 Å². The van der Waals surface area contributed by atoms with Crippen molar-refractivity contribution >= 4 is 27.4 Å². The van der Waals surface area contributed by atoms with E-state index in [2.05, 4.69) is 4.74 Å². The topological polar surface area (TPSA) is 26.3 Å². The number of ether oxygens (including phenoxy) is 1. The van der Waals surface area contributed by atoms with Gasteiger partial charge in [-0.25, -0.2) is 9.18 Å². The molecule has 2 aromatic rings. The Kier molecular flexibility index (Phi) is 2.21. The average molecular weight is 210 g/mol. The van der Waals surface area contributed by atoms with E-state index in [0.29, 0.717) is 15.6 Å². The Balaban J connectivity index is 2.72. The quantitative estimate of drug-likeness (QED) is 0.676. The predicted octanol–water partition coefficient (Wildman–Crippen LogP) is 2.83. The molecule has 0 saturated carbocycles. The molecule has 0 spiro atoms. The third kappa shape index (κ3) is 1.28. The molecule has 2 nitrogen and oxygen atoms in total. The molecule has 0 aliphatic heterocycles. The van der Waals surface area contributed by atoms with Crippen LogP contribution in [0.1, 0.15) is 10.4 Å². The minimum Gasteiger partial charge on any atom is -0.465 e. The van der Waals surface area contributed by atoms with Gasteiger partial charge in [-0.15, -0.1) is 11.3 Å². The van der Waals surface area contributed by atoms with E-state index in [4.69, 9.17) is 0 Å². The highest BCUT2D eigenvalue weighted by atomic mass is 32.1. The van der Waals surface area contributed by atoms with Crippen molar-refractivity contribution in [3.05, 3.63) is 35.0 Å². The van der Waals surface area contributed by atoms with Gasteiger partial charge in [0, 0.05) is 5.39 Å². The van der Waals surface area contributed by atoms with E-state index in [9.17, 15) is 9.18 Å². The largest absolute Gasteiger partial charge is 0.465 e. The van der Waals surface area contributed by atoms with Gasteiger partial charge in [0.05, 0.1) is 17.4 Å². The van der Waals surface area contributed by atoms with Gasteiger partial charge in [0.1, 0.15) is 5.82 Å². The lowest BCUT2D eigenvalue weighted by atomic mass is 10.1. The highest BCUT2D eigenvalue weighted by Crippen LogP contribution is 2.27. The molecular formula is C10H7FO2S. The zero-order valence-electron chi connectivity index (χ0n) is 7.41. The normalized spacial score (nSPS) is 10.4. The fourth-order valence-electron chi connectivity index (χ4n) is 1.30. The van der Waals surface area contributed by atoms with Gasteiger partial charge in [-0.2, -0.15) is 0 Å². The van der Waals surface area contributed by atoms with Crippen molar-refractivity contribution in [2.75, 3.05) is 7.11 Å². The Morgan fingerprint density at radius 1 is 1.43 bits per heavy atom. The Bertz CT molecular complexity index is 490. The number of rotatable bonds is 1. The molecule has 0 saturated heterocycles. The molecule has 0 unspecified atom stereocenters. The maximum atomic E-state index is 13.2. The summed E-state index contributed by atoms with van der Waals surface area (Å²) in [5, 5.41) is 2.22. The van der Waals surface area contributed by atoms with Crippen LogP contribution in [0.2, 0.25) is 0 Å². The van der Waals surface area contributed by atoms with Crippen LogP contribution >= 0.6 is 11.3 Å². The van der Waals surface area contributed by atoms with E-state index in [-0.39, 0.29) is 5.82 Å². The molecule has 0 N–H and O–H groups in total. The first-order chi connectivity index (χ1) is 6.74. The van der Waals surface area contributed by atoms with Crippen molar-refractivity contribution in [3.8, 4) is 0 Å². The Morgan fingerprint density at radius 3 is 2.93 bits per heavy atom. The average Bonchev–Trinajstić information content (AvgIpc) is 2.67.